The molecule has 0 atom stereocenters. The van der Waals surface area contributed by atoms with Gasteiger partial charge in [-0.3, -0.25) is 0 Å². The first-order valence-corrected chi connectivity index (χ1v) is 7.12. The minimum atomic E-state index is -0.423. The summed E-state index contributed by atoms with van der Waals surface area (Å²) in [5.41, 5.74) is -0.423. The molecule has 0 radical (unpaired) electrons. The van der Waals surface area contributed by atoms with Gasteiger partial charge in [0.15, 0.2) is 0 Å². The Balaban J connectivity index is 1.63. The molecule has 0 aromatic carbocycles. The van der Waals surface area contributed by atoms with Crippen molar-refractivity contribution in [2.45, 2.75) is 44.1 Å². The normalized spacial score (nSPS) is 19.8. The highest BCUT2D eigenvalue weighted by atomic mass is 32.1. The fraction of sp³-hybridized carbons (Fsp3) is 0.692. The van der Waals surface area contributed by atoms with E-state index in [0.29, 0.717) is 0 Å². The Morgan fingerprint density at radius 2 is 2.12 bits per heavy atom. The van der Waals surface area contributed by atoms with Crippen molar-refractivity contribution in [1.82, 2.24) is 5.32 Å². The third-order valence-electron chi connectivity index (χ3n) is 3.37. The number of aliphatic hydroxyl groups is 1. The number of thiophene rings is 1. The quantitative estimate of drug-likeness (QED) is 0.774. The van der Waals surface area contributed by atoms with Crippen LogP contribution in [0.25, 0.3) is 0 Å². The fourth-order valence-corrected chi connectivity index (χ4v) is 3.08. The summed E-state index contributed by atoms with van der Waals surface area (Å²) >= 11 is 1.81. The molecule has 2 N–H and O–H groups in total. The highest BCUT2D eigenvalue weighted by Crippen LogP contribution is 2.27. The van der Waals surface area contributed by atoms with Crippen molar-refractivity contribution in [3.05, 3.63) is 22.4 Å². The van der Waals surface area contributed by atoms with Gasteiger partial charge in [0.05, 0.1) is 5.60 Å². The SMILES string of the molecule is OC1(CNCCc2cccs2)CCCCC1. The van der Waals surface area contributed by atoms with E-state index < -0.39 is 5.60 Å². The van der Waals surface area contributed by atoms with Crippen molar-refractivity contribution in [3.8, 4) is 0 Å². The maximum atomic E-state index is 10.3. The molecule has 0 unspecified atom stereocenters. The summed E-state index contributed by atoms with van der Waals surface area (Å²) in [6.07, 6.45) is 6.68. The van der Waals surface area contributed by atoms with Crippen LogP contribution in [0.4, 0.5) is 0 Å². The molecule has 1 aromatic heterocycles. The van der Waals surface area contributed by atoms with E-state index in [4.69, 9.17) is 0 Å². The Labute approximate surface area is 102 Å². The van der Waals surface area contributed by atoms with Crippen molar-refractivity contribution in [3.63, 3.8) is 0 Å². The smallest absolute Gasteiger partial charge is 0.0771 e. The van der Waals surface area contributed by atoms with Gasteiger partial charge >= 0.3 is 0 Å². The number of rotatable bonds is 5. The Morgan fingerprint density at radius 3 is 2.81 bits per heavy atom. The highest BCUT2D eigenvalue weighted by molar-refractivity contribution is 7.09. The van der Waals surface area contributed by atoms with Gasteiger partial charge < -0.3 is 10.4 Å². The Morgan fingerprint density at radius 1 is 1.31 bits per heavy atom. The van der Waals surface area contributed by atoms with Crippen LogP contribution in [0, 0.1) is 0 Å². The topological polar surface area (TPSA) is 32.3 Å². The molecular formula is C13H21NOS. The minimum Gasteiger partial charge on any atom is -0.389 e. The predicted octanol–water partition coefficient (Wildman–Crippen LogP) is 2.58. The molecule has 0 amide bonds. The molecule has 0 bridgehead atoms. The highest BCUT2D eigenvalue weighted by Gasteiger charge is 2.28. The first-order chi connectivity index (χ1) is 7.79. The molecule has 90 valence electrons. The average molecular weight is 239 g/mol. The zero-order valence-electron chi connectivity index (χ0n) is 9.74. The summed E-state index contributed by atoms with van der Waals surface area (Å²) in [4.78, 5) is 1.42. The molecule has 2 rings (SSSR count). The van der Waals surface area contributed by atoms with Gasteiger partial charge in [0.2, 0.25) is 0 Å². The molecule has 1 aliphatic rings. The van der Waals surface area contributed by atoms with Gasteiger partial charge in [-0.05, 0) is 30.7 Å². The van der Waals surface area contributed by atoms with Crippen molar-refractivity contribution in [2.75, 3.05) is 13.1 Å². The van der Waals surface area contributed by atoms with E-state index in [1.54, 1.807) is 11.3 Å². The van der Waals surface area contributed by atoms with Gasteiger partial charge in [-0.1, -0.05) is 25.3 Å². The second-order valence-electron chi connectivity index (χ2n) is 4.79. The fourth-order valence-electron chi connectivity index (χ4n) is 2.37. The van der Waals surface area contributed by atoms with E-state index in [9.17, 15) is 5.11 Å². The van der Waals surface area contributed by atoms with Gasteiger partial charge in [-0.15, -0.1) is 11.3 Å². The van der Waals surface area contributed by atoms with Crippen LogP contribution in [-0.2, 0) is 6.42 Å². The molecule has 0 spiro atoms. The van der Waals surface area contributed by atoms with Gasteiger partial charge in [0.25, 0.3) is 0 Å². The van der Waals surface area contributed by atoms with Crippen molar-refractivity contribution in [1.29, 1.82) is 0 Å². The van der Waals surface area contributed by atoms with E-state index in [2.05, 4.69) is 22.8 Å². The van der Waals surface area contributed by atoms with Crippen LogP contribution in [0.5, 0.6) is 0 Å². The van der Waals surface area contributed by atoms with E-state index >= 15 is 0 Å². The summed E-state index contributed by atoms with van der Waals surface area (Å²) in [7, 11) is 0. The third kappa shape index (κ3) is 3.58. The van der Waals surface area contributed by atoms with E-state index in [0.717, 1.165) is 32.4 Å². The number of nitrogens with one attached hydrogen (secondary N) is 1. The van der Waals surface area contributed by atoms with Crippen LogP contribution in [0.1, 0.15) is 37.0 Å². The van der Waals surface area contributed by atoms with Gasteiger partial charge in [0, 0.05) is 18.0 Å². The van der Waals surface area contributed by atoms with Crippen molar-refractivity contribution < 1.29 is 5.11 Å². The van der Waals surface area contributed by atoms with E-state index in [1.165, 1.54) is 24.1 Å². The molecule has 0 saturated heterocycles. The Bertz CT molecular complexity index is 291. The summed E-state index contributed by atoms with van der Waals surface area (Å²) in [5, 5.41) is 15.8. The maximum Gasteiger partial charge on any atom is 0.0771 e. The molecule has 1 saturated carbocycles. The lowest BCUT2D eigenvalue weighted by Gasteiger charge is -2.32. The lowest BCUT2D eigenvalue weighted by Crippen LogP contribution is -2.42. The maximum absolute atomic E-state index is 10.3. The van der Waals surface area contributed by atoms with Crippen molar-refractivity contribution in [2.24, 2.45) is 0 Å². The summed E-state index contributed by atoms with van der Waals surface area (Å²) in [5.74, 6) is 0. The zero-order valence-corrected chi connectivity index (χ0v) is 10.6. The number of hydrogen-bond acceptors (Lipinski definition) is 3. The van der Waals surface area contributed by atoms with Crippen LogP contribution in [0.15, 0.2) is 17.5 Å². The lowest BCUT2D eigenvalue weighted by molar-refractivity contribution is 0.00518. The Hall–Kier alpha value is -0.380. The van der Waals surface area contributed by atoms with Crippen LogP contribution >= 0.6 is 11.3 Å². The average Bonchev–Trinajstić information content (AvgIpc) is 2.78. The van der Waals surface area contributed by atoms with Crippen LogP contribution in [-0.4, -0.2) is 23.8 Å². The summed E-state index contributed by atoms with van der Waals surface area (Å²) in [6.45, 7) is 1.74. The Kier molecular flexibility index (Phi) is 4.38. The lowest BCUT2D eigenvalue weighted by atomic mass is 9.85. The molecule has 2 nitrogen and oxygen atoms in total. The molecule has 1 aliphatic carbocycles. The van der Waals surface area contributed by atoms with Crippen molar-refractivity contribution >= 4 is 11.3 Å². The van der Waals surface area contributed by atoms with Gasteiger partial charge in [-0.25, -0.2) is 0 Å². The second-order valence-corrected chi connectivity index (χ2v) is 5.82. The van der Waals surface area contributed by atoms with Crippen LogP contribution in [0.2, 0.25) is 0 Å². The second kappa shape index (κ2) is 5.80. The minimum absolute atomic E-state index is 0.423. The summed E-state index contributed by atoms with van der Waals surface area (Å²) in [6, 6.07) is 4.26. The molecular weight excluding hydrogens is 218 g/mol. The monoisotopic (exact) mass is 239 g/mol. The summed E-state index contributed by atoms with van der Waals surface area (Å²) < 4.78 is 0. The van der Waals surface area contributed by atoms with Gasteiger partial charge in [-0.2, -0.15) is 0 Å². The third-order valence-corrected chi connectivity index (χ3v) is 4.30. The van der Waals surface area contributed by atoms with Crippen LogP contribution in [0.3, 0.4) is 0 Å². The zero-order chi connectivity index (χ0) is 11.3. The molecule has 0 aliphatic heterocycles. The molecule has 1 aromatic rings. The first kappa shape index (κ1) is 12.1. The van der Waals surface area contributed by atoms with E-state index in [-0.39, 0.29) is 0 Å². The predicted molar refractivity (Wildman–Crippen MR) is 68.9 cm³/mol. The molecule has 3 heteroatoms. The molecule has 16 heavy (non-hydrogen) atoms. The number of hydrogen-bond donors (Lipinski definition) is 2. The van der Waals surface area contributed by atoms with Gasteiger partial charge in [0.1, 0.15) is 0 Å². The largest absolute Gasteiger partial charge is 0.389 e. The molecule has 1 heterocycles. The van der Waals surface area contributed by atoms with E-state index in [1.807, 2.05) is 0 Å². The molecule has 1 fully saturated rings. The first-order valence-electron chi connectivity index (χ1n) is 6.24. The van der Waals surface area contributed by atoms with Crippen LogP contribution < -0.4 is 5.32 Å². The standard InChI is InChI=1S/C13H21NOS/c15-13(7-2-1-3-8-13)11-14-9-6-12-5-4-10-16-12/h4-5,10,14-15H,1-3,6-9,11H2.